The highest BCUT2D eigenvalue weighted by atomic mass is 32.2. The minimum Gasteiger partial charge on any atom is -0.378 e. The number of fused-ring (bicyclic) bond motifs is 1. The summed E-state index contributed by atoms with van der Waals surface area (Å²) in [6, 6.07) is 7.69. The van der Waals surface area contributed by atoms with Crippen LogP contribution in [0.25, 0.3) is 17.0 Å². The maximum absolute atomic E-state index is 13.0. The number of imide groups is 1. The third-order valence-corrected chi connectivity index (χ3v) is 7.31. The van der Waals surface area contributed by atoms with Crippen LogP contribution in [0.2, 0.25) is 0 Å². The van der Waals surface area contributed by atoms with Crippen molar-refractivity contribution in [2.75, 3.05) is 45.9 Å². The summed E-state index contributed by atoms with van der Waals surface area (Å²) < 4.78 is 7.15. The summed E-state index contributed by atoms with van der Waals surface area (Å²) in [5.74, 6) is -0.655. The van der Waals surface area contributed by atoms with Crippen LogP contribution in [0, 0.1) is 0 Å². The lowest BCUT2D eigenvalue weighted by molar-refractivity contribution is -0.139. The number of hydrogen-bond acceptors (Lipinski definition) is 6. The van der Waals surface area contributed by atoms with Crippen molar-refractivity contribution in [3.8, 4) is 0 Å². The Kier molecular flexibility index (Phi) is 6.42. The molecular formula is C24H26N4O5S. The summed E-state index contributed by atoms with van der Waals surface area (Å²) in [5, 5.41) is 0.443. The minimum atomic E-state index is -0.471. The Morgan fingerprint density at radius 3 is 2.38 bits per heavy atom. The summed E-state index contributed by atoms with van der Waals surface area (Å²) in [6.45, 7) is 3.37. The quantitative estimate of drug-likeness (QED) is 0.607. The van der Waals surface area contributed by atoms with Crippen molar-refractivity contribution in [2.45, 2.75) is 19.4 Å². The molecule has 3 aliphatic heterocycles. The predicted octanol–water partition coefficient (Wildman–Crippen LogP) is 2.16. The van der Waals surface area contributed by atoms with Crippen molar-refractivity contribution < 1.29 is 23.9 Å². The third-order valence-electron chi connectivity index (χ3n) is 6.40. The molecule has 0 unspecified atom stereocenters. The van der Waals surface area contributed by atoms with E-state index in [9.17, 15) is 19.2 Å². The van der Waals surface area contributed by atoms with Gasteiger partial charge in [0.15, 0.2) is 0 Å². The molecule has 34 heavy (non-hydrogen) atoms. The molecule has 0 spiro atoms. The first-order chi connectivity index (χ1) is 16.5. The molecule has 3 fully saturated rings. The first-order valence-corrected chi connectivity index (χ1v) is 12.3. The number of hydrogen-bond donors (Lipinski definition) is 0. The second-order valence-electron chi connectivity index (χ2n) is 8.58. The van der Waals surface area contributed by atoms with Gasteiger partial charge in [0.25, 0.3) is 11.1 Å². The first kappa shape index (κ1) is 22.7. The molecule has 3 saturated heterocycles. The van der Waals surface area contributed by atoms with Crippen molar-refractivity contribution in [3.63, 3.8) is 0 Å². The maximum atomic E-state index is 13.0. The SMILES string of the molecule is O=C(CN1C(=O)SC(=Cc2cn(CC(=O)N3CCCC3)c3ccccc23)C1=O)N1CCOCC1. The molecule has 0 saturated carbocycles. The molecule has 0 N–H and O–H groups in total. The van der Waals surface area contributed by atoms with E-state index < -0.39 is 11.1 Å². The number of thioether (sulfide) groups is 1. The van der Waals surface area contributed by atoms with E-state index in [1.807, 2.05) is 39.9 Å². The molecule has 0 atom stereocenters. The van der Waals surface area contributed by atoms with Crippen LogP contribution < -0.4 is 0 Å². The van der Waals surface area contributed by atoms with Crippen molar-refractivity contribution in [3.05, 3.63) is 40.9 Å². The fourth-order valence-corrected chi connectivity index (χ4v) is 5.39. The van der Waals surface area contributed by atoms with Gasteiger partial charge in [-0.05, 0) is 36.7 Å². The summed E-state index contributed by atoms with van der Waals surface area (Å²) in [7, 11) is 0. The van der Waals surface area contributed by atoms with Crippen LogP contribution in [-0.4, -0.2) is 88.2 Å². The Morgan fingerprint density at radius 2 is 1.62 bits per heavy atom. The number of likely N-dealkylation sites (tertiary alicyclic amines) is 1. The van der Waals surface area contributed by atoms with Crippen molar-refractivity contribution in [1.82, 2.24) is 19.3 Å². The average molecular weight is 483 g/mol. The van der Waals surface area contributed by atoms with Gasteiger partial charge in [0.1, 0.15) is 13.1 Å². The number of ether oxygens (including phenoxy) is 1. The maximum Gasteiger partial charge on any atom is 0.294 e. The Balaban J connectivity index is 1.36. The van der Waals surface area contributed by atoms with Gasteiger partial charge in [0.2, 0.25) is 11.8 Å². The Labute approximate surface area is 201 Å². The molecule has 5 rings (SSSR count). The van der Waals surface area contributed by atoms with Gasteiger partial charge in [-0.2, -0.15) is 0 Å². The molecule has 3 aliphatic rings. The van der Waals surface area contributed by atoms with E-state index in [1.165, 1.54) is 0 Å². The molecule has 0 bridgehead atoms. The summed E-state index contributed by atoms with van der Waals surface area (Å²) in [4.78, 5) is 55.6. The number of carbonyl (C=O) groups excluding carboxylic acids is 4. The molecule has 0 aliphatic carbocycles. The fraction of sp³-hybridized carbons (Fsp3) is 0.417. The molecule has 2 aromatic rings. The summed E-state index contributed by atoms with van der Waals surface area (Å²) in [6.07, 6.45) is 5.61. The fourth-order valence-electron chi connectivity index (χ4n) is 4.56. The molecule has 1 aromatic heterocycles. The lowest BCUT2D eigenvalue weighted by Gasteiger charge is -2.28. The highest BCUT2D eigenvalue weighted by molar-refractivity contribution is 8.18. The largest absolute Gasteiger partial charge is 0.378 e. The monoisotopic (exact) mass is 482 g/mol. The second kappa shape index (κ2) is 9.63. The molecular weight excluding hydrogens is 456 g/mol. The first-order valence-electron chi connectivity index (χ1n) is 11.5. The Morgan fingerprint density at radius 1 is 0.941 bits per heavy atom. The zero-order chi connectivity index (χ0) is 23.7. The van der Waals surface area contributed by atoms with E-state index in [4.69, 9.17) is 4.74 Å². The predicted molar refractivity (Wildman–Crippen MR) is 128 cm³/mol. The zero-order valence-electron chi connectivity index (χ0n) is 18.8. The van der Waals surface area contributed by atoms with E-state index in [-0.39, 0.29) is 29.8 Å². The van der Waals surface area contributed by atoms with Gasteiger partial charge in [0, 0.05) is 48.8 Å². The topological polar surface area (TPSA) is 92.2 Å². The van der Waals surface area contributed by atoms with Crippen molar-refractivity contribution in [2.24, 2.45) is 0 Å². The number of para-hydroxylation sites is 1. The minimum absolute atomic E-state index is 0.0757. The van der Waals surface area contributed by atoms with Gasteiger partial charge in [-0.25, -0.2) is 0 Å². The molecule has 0 radical (unpaired) electrons. The van der Waals surface area contributed by atoms with Crippen LogP contribution in [0.1, 0.15) is 18.4 Å². The molecule has 10 heteroatoms. The number of nitrogens with zero attached hydrogens (tertiary/aromatic N) is 4. The van der Waals surface area contributed by atoms with Gasteiger partial charge in [-0.1, -0.05) is 18.2 Å². The Hall–Kier alpha value is -3.11. The van der Waals surface area contributed by atoms with Gasteiger partial charge < -0.3 is 19.1 Å². The van der Waals surface area contributed by atoms with Gasteiger partial charge in [-0.15, -0.1) is 0 Å². The van der Waals surface area contributed by atoms with Gasteiger partial charge >= 0.3 is 0 Å². The highest BCUT2D eigenvalue weighted by Crippen LogP contribution is 2.34. The number of benzene rings is 1. The number of amides is 4. The Bertz CT molecular complexity index is 1180. The van der Waals surface area contributed by atoms with Crippen LogP contribution in [-0.2, 0) is 25.7 Å². The van der Waals surface area contributed by atoms with Crippen LogP contribution in [0.3, 0.4) is 0 Å². The molecule has 178 valence electrons. The van der Waals surface area contributed by atoms with Crippen LogP contribution in [0.4, 0.5) is 4.79 Å². The highest BCUT2D eigenvalue weighted by Gasteiger charge is 2.37. The zero-order valence-corrected chi connectivity index (χ0v) is 19.6. The summed E-state index contributed by atoms with van der Waals surface area (Å²) >= 11 is 0.836. The van der Waals surface area contributed by atoms with Crippen molar-refractivity contribution >= 4 is 51.7 Å². The number of rotatable bonds is 5. The lowest BCUT2D eigenvalue weighted by Crippen LogP contribution is -2.46. The lowest BCUT2D eigenvalue weighted by atomic mass is 10.1. The second-order valence-corrected chi connectivity index (χ2v) is 9.57. The summed E-state index contributed by atoms with van der Waals surface area (Å²) in [5.41, 5.74) is 1.65. The molecule has 1 aromatic carbocycles. The van der Waals surface area contributed by atoms with Gasteiger partial charge in [-0.3, -0.25) is 24.1 Å². The molecule has 9 nitrogen and oxygen atoms in total. The number of morpholine rings is 1. The molecule has 4 amide bonds. The van der Waals surface area contributed by atoms with Crippen LogP contribution in [0.15, 0.2) is 35.4 Å². The third kappa shape index (κ3) is 4.47. The van der Waals surface area contributed by atoms with E-state index in [0.717, 1.165) is 59.1 Å². The normalized spacial score (nSPS) is 20.2. The number of aromatic nitrogens is 1. The van der Waals surface area contributed by atoms with E-state index in [1.54, 1.807) is 11.0 Å². The smallest absolute Gasteiger partial charge is 0.294 e. The van der Waals surface area contributed by atoms with E-state index >= 15 is 0 Å². The van der Waals surface area contributed by atoms with E-state index in [0.29, 0.717) is 26.3 Å². The standard InChI is InChI=1S/C24H26N4O5S/c29-21(25-7-3-4-8-25)15-27-14-17(18-5-1-2-6-19(18)27)13-20-23(31)28(24(32)34-20)16-22(30)26-9-11-33-12-10-26/h1-2,5-6,13-14H,3-4,7-12,15-16H2. The molecule has 4 heterocycles. The van der Waals surface area contributed by atoms with Crippen LogP contribution in [0.5, 0.6) is 0 Å². The van der Waals surface area contributed by atoms with Crippen LogP contribution >= 0.6 is 11.8 Å². The van der Waals surface area contributed by atoms with Gasteiger partial charge in [0.05, 0.1) is 18.1 Å². The number of carbonyl (C=O) groups is 4. The van der Waals surface area contributed by atoms with E-state index in [2.05, 4.69) is 0 Å². The average Bonchev–Trinajstić information content (AvgIpc) is 3.57. The van der Waals surface area contributed by atoms with Crippen molar-refractivity contribution in [1.29, 1.82) is 0 Å².